The average Bonchev–Trinajstić information content (AvgIpc) is 2.37. The van der Waals surface area contributed by atoms with Crippen LogP contribution in [0, 0.1) is 17.8 Å². The molecule has 1 heterocycles. The molecule has 100 valence electrons. The molecule has 0 amide bonds. The Morgan fingerprint density at radius 3 is 2.21 bits per heavy atom. The van der Waals surface area contributed by atoms with Gasteiger partial charge < -0.3 is 5.11 Å². The van der Waals surface area contributed by atoms with E-state index in [4.69, 9.17) is 5.11 Å². The van der Waals surface area contributed by atoms with Gasteiger partial charge in [0, 0.05) is 11.6 Å². The number of aromatic nitrogens is 2. The number of carboxylic acids is 1. The van der Waals surface area contributed by atoms with E-state index in [2.05, 4.69) is 9.97 Å². The van der Waals surface area contributed by atoms with Crippen molar-refractivity contribution in [3.63, 3.8) is 0 Å². The monoisotopic (exact) mass is 258 g/mol. The Morgan fingerprint density at radius 2 is 1.68 bits per heavy atom. The Balaban J connectivity index is 1.75. The number of rotatable bonds is 2. The van der Waals surface area contributed by atoms with Gasteiger partial charge in [0.25, 0.3) is 0 Å². The number of aromatic carboxylic acids is 1. The summed E-state index contributed by atoms with van der Waals surface area (Å²) in [7, 11) is 0. The first-order chi connectivity index (χ1) is 9.14. The van der Waals surface area contributed by atoms with Crippen LogP contribution in [0.15, 0.2) is 12.4 Å². The highest BCUT2D eigenvalue weighted by atomic mass is 16.4. The number of carboxylic acid groups (broad SMARTS) is 1. The van der Waals surface area contributed by atoms with E-state index in [0.717, 1.165) is 23.4 Å². The minimum Gasteiger partial charge on any atom is -0.476 e. The van der Waals surface area contributed by atoms with Crippen molar-refractivity contribution < 1.29 is 9.90 Å². The summed E-state index contributed by atoms with van der Waals surface area (Å²) in [5.74, 6) is 1.53. The number of nitrogens with zero attached hydrogens (tertiary/aromatic N) is 2. The Kier molecular flexibility index (Phi) is 2.26. The highest BCUT2D eigenvalue weighted by molar-refractivity contribution is 5.84. The van der Waals surface area contributed by atoms with E-state index in [1.165, 1.54) is 44.7 Å². The summed E-state index contributed by atoms with van der Waals surface area (Å²) >= 11 is 0. The molecule has 0 atom stereocenters. The first-order valence-electron chi connectivity index (χ1n) is 7.20. The van der Waals surface area contributed by atoms with E-state index < -0.39 is 5.97 Å². The van der Waals surface area contributed by atoms with Gasteiger partial charge in [-0.1, -0.05) is 0 Å². The van der Waals surface area contributed by atoms with Gasteiger partial charge in [-0.05, 0) is 56.3 Å². The molecule has 4 fully saturated rings. The van der Waals surface area contributed by atoms with Crippen LogP contribution in [0.4, 0.5) is 0 Å². The minimum absolute atomic E-state index is 0.0910. The lowest BCUT2D eigenvalue weighted by molar-refractivity contribution is -0.00746. The standard InChI is InChI=1S/C15H18N2O2/c18-14(19)12-7-16-8-13(17-12)15-4-9-1-10(5-15)3-11(2-9)6-15/h7-11H,1-6H2,(H,18,19). The Labute approximate surface area is 112 Å². The second-order valence-electron chi connectivity index (χ2n) is 6.79. The molecule has 4 bridgehead atoms. The van der Waals surface area contributed by atoms with E-state index in [0.29, 0.717) is 0 Å². The first kappa shape index (κ1) is 11.4. The molecule has 5 rings (SSSR count). The van der Waals surface area contributed by atoms with Crippen molar-refractivity contribution in [3.8, 4) is 0 Å². The quantitative estimate of drug-likeness (QED) is 0.885. The number of hydrogen-bond donors (Lipinski definition) is 1. The summed E-state index contributed by atoms with van der Waals surface area (Å²) in [4.78, 5) is 19.6. The summed E-state index contributed by atoms with van der Waals surface area (Å²) in [6.45, 7) is 0. The normalized spacial score (nSPS) is 39.5. The van der Waals surface area contributed by atoms with Crippen LogP contribution in [0.3, 0.4) is 0 Å². The third-order valence-corrected chi connectivity index (χ3v) is 5.44. The zero-order chi connectivity index (χ0) is 13.0. The molecule has 1 aromatic rings. The fourth-order valence-corrected chi connectivity index (χ4v) is 5.15. The zero-order valence-corrected chi connectivity index (χ0v) is 10.9. The molecule has 0 saturated heterocycles. The lowest BCUT2D eigenvalue weighted by Crippen LogP contribution is -2.49. The van der Waals surface area contributed by atoms with Crippen molar-refractivity contribution in [3.05, 3.63) is 23.8 Å². The average molecular weight is 258 g/mol. The summed E-state index contributed by atoms with van der Waals surface area (Å²) < 4.78 is 0. The topological polar surface area (TPSA) is 63.1 Å². The molecular weight excluding hydrogens is 240 g/mol. The highest BCUT2D eigenvalue weighted by Gasteiger charge is 2.52. The van der Waals surface area contributed by atoms with Gasteiger partial charge in [-0.15, -0.1) is 0 Å². The van der Waals surface area contributed by atoms with Crippen LogP contribution in [0.5, 0.6) is 0 Å². The van der Waals surface area contributed by atoms with Gasteiger partial charge in [-0.3, -0.25) is 4.98 Å². The third kappa shape index (κ3) is 1.69. The molecule has 1 N–H and O–H groups in total. The molecule has 0 radical (unpaired) electrons. The van der Waals surface area contributed by atoms with Crippen LogP contribution < -0.4 is 0 Å². The molecular formula is C15H18N2O2. The van der Waals surface area contributed by atoms with Gasteiger partial charge in [0.2, 0.25) is 0 Å². The van der Waals surface area contributed by atoms with Gasteiger partial charge in [0.05, 0.1) is 11.9 Å². The summed E-state index contributed by atoms with van der Waals surface area (Å²) in [6.07, 6.45) is 10.9. The molecule has 0 spiro atoms. The number of hydrogen-bond acceptors (Lipinski definition) is 3. The molecule has 4 aliphatic rings. The van der Waals surface area contributed by atoms with Crippen molar-refractivity contribution in [2.75, 3.05) is 0 Å². The largest absolute Gasteiger partial charge is 0.476 e. The van der Waals surface area contributed by atoms with E-state index in [1.807, 2.05) is 0 Å². The Morgan fingerprint density at radius 1 is 1.11 bits per heavy atom. The maximum absolute atomic E-state index is 11.1. The smallest absolute Gasteiger partial charge is 0.356 e. The highest BCUT2D eigenvalue weighted by Crippen LogP contribution is 2.60. The molecule has 0 aromatic carbocycles. The molecule has 0 aliphatic heterocycles. The Hall–Kier alpha value is -1.45. The van der Waals surface area contributed by atoms with Crippen LogP contribution in [-0.2, 0) is 5.41 Å². The van der Waals surface area contributed by atoms with Crippen LogP contribution in [0.1, 0.15) is 54.7 Å². The first-order valence-corrected chi connectivity index (χ1v) is 7.20. The van der Waals surface area contributed by atoms with E-state index >= 15 is 0 Å². The van der Waals surface area contributed by atoms with Crippen LogP contribution in [0.2, 0.25) is 0 Å². The van der Waals surface area contributed by atoms with Crippen LogP contribution >= 0.6 is 0 Å². The van der Waals surface area contributed by atoms with Crippen LogP contribution in [0.25, 0.3) is 0 Å². The summed E-state index contributed by atoms with van der Waals surface area (Å²) in [6, 6.07) is 0. The molecule has 0 unspecified atom stereocenters. The third-order valence-electron chi connectivity index (χ3n) is 5.44. The van der Waals surface area contributed by atoms with Crippen molar-refractivity contribution >= 4 is 5.97 Å². The summed E-state index contributed by atoms with van der Waals surface area (Å²) in [5.41, 5.74) is 1.16. The predicted molar refractivity (Wildman–Crippen MR) is 68.8 cm³/mol. The fraction of sp³-hybridized carbons (Fsp3) is 0.667. The van der Waals surface area contributed by atoms with Gasteiger partial charge in [-0.25, -0.2) is 9.78 Å². The second kappa shape index (κ2) is 3.78. The van der Waals surface area contributed by atoms with Gasteiger partial charge in [0.1, 0.15) is 0 Å². The van der Waals surface area contributed by atoms with E-state index in [9.17, 15) is 4.79 Å². The number of carbonyl (C=O) groups is 1. The molecule has 4 aliphatic carbocycles. The maximum atomic E-state index is 11.1. The predicted octanol–water partition coefficient (Wildman–Crippen LogP) is 2.64. The zero-order valence-electron chi connectivity index (χ0n) is 10.9. The molecule has 4 nitrogen and oxygen atoms in total. The molecule has 19 heavy (non-hydrogen) atoms. The fourth-order valence-electron chi connectivity index (χ4n) is 5.15. The molecule has 1 aromatic heterocycles. The lowest BCUT2D eigenvalue weighted by Gasteiger charge is -2.56. The maximum Gasteiger partial charge on any atom is 0.356 e. The van der Waals surface area contributed by atoms with Gasteiger partial charge in [-0.2, -0.15) is 0 Å². The van der Waals surface area contributed by atoms with Gasteiger partial charge >= 0.3 is 5.97 Å². The second-order valence-corrected chi connectivity index (χ2v) is 6.79. The van der Waals surface area contributed by atoms with Crippen molar-refractivity contribution in [1.29, 1.82) is 0 Å². The Bertz CT molecular complexity index is 505. The SMILES string of the molecule is O=C(O)c1cncc(C23CC4CC(CC(C4)C2)C3)n1. The molecule has 4 saturated carbocycles. The summed E-state index contributed by atoms with van der Waals surface area (Å²) in [5, 5.41) is 9.09. The van der Waals surface area contributed by atoms with Crippen molar-refractivity contribution in [1.82, 2.24) is 9.97 Å². The van der Waals surface area contributed by atoms with Crippen molar-refractivity contribution in [2.24, 2.45) is 17.8 Å². The van der Waals surface area contributed by atoms with Crippen molar-refractivity contribution in [2.45, 2.75) is 43.9 Å². The minimum atomic E-state index is -0.973. The van der Waals surface area contributed by atoms with Gasteiger partial charge in [0.15, 0.2) is 5.69 Å². The van der Waals surface area contributed by atoms with E-state index in [-0.39, 0.29) is 11.1 Å². The van der Waals surface area contributed by atoms with Crippen LogP contribution in [-0.4, -0.2) is 21.0 Å². The van der Waals surface area contributed by atoms with E-state index in [1.54, 1.807) is 6.20 Å². The lowest BCUT2D eigenvalue weighted by atomic mass is 9.49. The molecule has 4 heteroatoms.